The van der Waals surface area contributed by atoms with E-state index in [1.807, 2.05) is 0 Å². The summed E-state index contributed by atoms with van der Waals surface area (Å²) in [6, 6.07) is 11.8. The average Bonchev–Trinajstić information content (AvgIpc) is 3.25. The van der Waals surface area contributed by atoms with Crippen LogP contribution in [0.25, 0.3) is 0 Å². The third-order valence-electron chi connectivity index (χ3n) is 10.5. The second-order valence-corrected chi connectivity index (χ2v) is 15.8. The van der Waals surface area contributed by atoms with E-state index in [0.29, 0.717) is 11.1 Å². The van der Waals surface area contributed by atoms with Crippen LogP contribution in [0.2, 0.25) is 0 Å². The number of aliphatic hydroxyl groups is 12. The Hall–Kier alpha value is -3.66. The smallest absolute Gasteiger partial charge is 0.339 e. The molecule has 0 aliphatic carbocycles. The molecule has 3 fully saturated rings. The summed E-state index contributed by atoms with van der Waals surface area (Å²) in [6.07, 6.45) is -24.2. The van der Waals surface area contributed by atoms with Crippen LogP contribution in [0, 0.1) is 5.92 Å². The highest BCUT2D eigenvalue weighted by Crippen LogP contribution is 2.29. The molecular weight excluding hydrogens is 832 g/mol. The molecule has 0 aromatic heterocycles. The fourth-order valence-electron chi connectivity index (χ4n) is 6.95. The highest BCUT2D eigenvalue weighted by atomic mass is 16.7. The molecule has 0 bridgehead atoms. The van der Waals surface area contributed by atoms with E-state index in [4.69, 9.17) is 37.9 Å². The number of ether oxygens (including phenoxy) is 8. The number of carbonyl (C=O) groups is 2. The van der Waals surface area contributed by atoms with Gasteiger partial charge in [-0.1, -0.05) is 38.1 Å². The SMILES string of the molecule is CC(C)C[C@@](O)(CC(=O)OCc1ccc(O[C@@H]2O[C@H](CO[C@@H]3O[C@H](CO)[C@@H](O)[C@H](O)[C@H]3O)[C@@H](O)[C@H](O)[C@H]2O)cc1)C(=O)OCc1ccc(O[C@@H]2O[C@H](CO)[C@@H](O)[C@H](O)[C@H]2O)cc1. The van der Waals surface area contributed by atoms with Gasteiger partial charge in [0.2, 0.25) is 12.6 Å². The number of esters is 2. The monoisotopic (exact) mass is 888 g/mol. The Morgan fingerprint density at radius 2 is 0.984 bits per heavy atom. The second-order valence-electron chi connectivity index (χ2n) is 15.8. The molecule has 2 aromatic carbocycles. The van der Waals surface area contributed by atoms with Gasteiger partial charge in [-0.15, -0.1) is 0 Å². The van der Waals surface area contributed by atoms with Crippen LogP contribution in [0.1, 0.15) is 37.8 Å². The maximum Gasteiger partial charge on any atom is 0.339 e. The van der Waals surface area contributed by atoms with E-state index in [9.17, 15) is 70.9 Å². The van der Waals surface area contributed by atoms with Crippen molar-refractivity contribution in [1.82, 2.24) is 0 Å². The predicted octanol–water partition coefficient (Wildman–Crippen LogP) is -4.18. The molecule has 3 heterocycles. The van der Waals surface area contributed by atoms with Crippen LogP contribution in [-0.4, -0.2) is 191 Å². The minimum Gasteiger partial charge on any atom is -0.462 e. The summed E-state index contributed by atoms with van der Waals surface area (Å²) in [6.45, 7) is 1.01. The van der Waals surface area contributed by atoms with E-state index in [0.717, 1.165) is 0 Å². The number of hydrogen-bond acceptors (Lipinski definition) is 22. The maximum absolute atomic E-state index is 13.2. The molecule has 3 aliphatic heterocycles. The third kappa shape index (κ3) is 12.1. The summed E-state index contributed by atoms with van der Waals surface area (Å²) < 4.78 is 43.6. The molecule has 348 valence electrons. The fourth-order valence-corrected chi connectivity index (χ4v) is 6.95. The van der Waals surface area contributed by atoms with Gasteiger partial charge < -0.3 is 99.2 Å². The number of hydrogen-bond donors (Lipinski definition) is 12. The summed E-state index contributed by atoms with van der Waals surface area (Å²) in [5.74, 6) is -1.93. The van der Waals surface area contributed by atoms with Crippen molar-refractivity contribution in [2.45, 2.75) is 138 Å². The van der Waals surface area contributed by atoms with Crippen LogP contribution in [-0.2, 0) is 51.2 Å². The minimum absolute atomic E-state index is 0.117. The minimum atomic E-state index is -2.24. The molecule has 12 N–H and O–H groups in total. The number of benzene rings is 2. The Morgan fingerprint density at radius 3 is 1.44 bits per heavy atom. The predicted molar refractivity (Wildman–Crippen MR) is 203 cm³/mol. The summed E-state index contributed by atoms with van der Waals surface area (Å²) >= 11 is 0. The van der Waals surface area contributed by atoms with Crippen molar-refractivity contribution in [1.29, 1.82) is 0 Å². The highest BCUT2D eigenvalue weighted by Gasteiger charge is 2.48. The Morgan fingerprint density at radius 1 is 0.581 bits per heavy atom. The second kappa shape index (κ2) is 21.8. The molecule has 0 radical (unpaired) electrons. The van der Waals surface area contributed by atoms with Crippen LogP contribution in [0.3, 0.4) is 0 Å². The molecular formula is C40H56O22. The van der Waals surface area contributed by atoms with E-state index in [1.165, 1.54) is 48.5 Å². The molecule has 16 atom stereocenters. The van der Waals surface area contributed by atoms with Crippen LogP contribution >= 0.6 is 0 Å². The van der Waals surface area contributed by atoms with Gasteiger partial charge in [0.05, 0.1) is 26.2 Å². The molecule has 3 aliphatic rings. The average molecular weight is 889 g/mol. The molecule has 2 aromatic rings. The van der Waals surface area contributed by atoms with Gasteiger partial charge in [-0.3, -0.25) is 4.79 Å². The van der Waals surface area contributed by atoms with E-state index in [2.05, 4.69) is 0 Å². The van der Waals surface area contributed by atoms with Gasteiger partial charge in [-0.25, -0.2) is 4.79 Å². The lowest BCUT2D eigenvalue weighted by molar-refractivity contribution is -0.323. The van der Waals surface area contributed by atoms with Crippen molar-refractivity contribution in [3.05, 3.63) is 59.7 Å². The molecule has 22 heteroatoms. The largest absolute Gasteiger partial charge is 0.462 e. The van der Waals surface area contributed by atoms with Crippen LogP contribution in [0.5, 0.6) is 11.5 Å². The van der Waals surface area contributed by atoms with Crippen molar-refractivity contribution in [2.24, 2.45) is 5.92 Å². The lowest BCUT2D eigenvalue weighted by Crippen LogP contribution is -2.62. The lowest BCUT2D eigenvalue weighted by atomic mass is 9.89. The topological polar surface area (TPSA) is 351 Å². The Balaban J connectivity index is 1.10. The van der Waals surface area contributed by atoms with Gasteiger partial charge in [0, 0.05) is 0 Å². The standard InChI is InChI=1S/C40H56O22/c1-18(2)11-40(54,39(53)57-16-20-5-9-21(10-6-20)58-37-34(51)31(48)28(45)24(14-42)61-37)12-26(43)55-15-19-3-7-22(8-4-19)59-38-35(52)32(49)29(46)25(62-38)17-56-36-33(50)30(47)27(44)23(13-41)60-36/h3-10,18,23-25,27-38,41-42,44-52,54H,11-17H2,1-2H3/t23-,24-,25-,27-,28-,29-,30+,31+,32+,33-,34-,35-,36-,37-,38-,40-/m1/s1. The summed E-state index contributed by atoms with van der Waals surface area (Å²) in [4.78, 5) is 26.1. The van der Waals surface area contributed by atoms with Gasteiger partial charge in [0.25, 0.3) is 0 Å². The van der Waals surface area contributed by atoms with Gasteiger partial charge in [0.1, 0.15) is 98.0 Å². The summed E-state index contributed by atoms with van der Waals surface area (Å²) in [5, 5.41) is 122. The number of aliphatic hydroxyl groups excluding tert-OH is 11. The summed E-state index contributed by atoms with van der Waals surface area (Å²) in [5.41, 5.74) is -1.34. The van der Waals surface area contributed by atoms with Crippen molar-refractivity contribution in [3.8, 4) is 11.5 Å². The van der Waals surface area contributed by atoms with Gasteiger partial charge in [-0.05, 0) is 47.7 Å². The number of rotatable bonds is 18. The van der Waals surface area contributed by atoms with Crippen LogP contribution < -0.4 is 9.47 Å². The molecule has 3 saturated heterocycles. The molecule has 0 spiro atoms. The van der Waals surface area contributed by atoms with Crippen molar-refractivity contribution < 1.29 is 109 Å². The normalized spacial score (nSPS) is 34.9. The first-order valence-electron chi connectivity index (χ1n) is 19.8. The van der Waals surface area contributed by atoms with Crippen LogP contribution in [0.15, 0.2) is 48.5 Å². The zero-order valence-corrected chi connectivity index (χ0v) is 33.8. The fraction of sp³-hybridized carbons (Fsp3) is 0.650. The highest BCUT2D eigenvalue weighted by molar-refractivity contribution is 5.85. The number of carbonyl (C=O) groups excluding carboxylic acids is 2. The van der Waals surface area contributed by atoms with Crippen LogP contribution in [0.4, 0.5) is 0 Å². The van der Waals surface area contributed by atoms with Gasteiger partial charge in [0.15, 0.2) is 11.9 Å². The molecule has 22 nitrogen and oxygen atoms in total. The summed E-state index contributed by atoms with van der Waals surface area (Å²) in [7, 11) is 0. The maximum atomic E-state index is 13.2. The zero-order valence-electron chi connectivity index (χ0n) is 33.8. The molecule has 0 saturated carbocycles. The first kappa shape index (κ1) is 49.4. The van der Waals surface area contributed by atoms with E-state index in [-0.39, 0.29) is 37.1 Å². The molecule has 62 heavy (non-hydrogen) atoms. The van der Waals surface area contributed by atoms with Crippen molar-refractivity contribution in [3.63, 3.8) is 0 Å². The zero-order chi connectivity index (χ0) is 45.5. The molecule has 0 amide bonds. The van der Waals surface area contributed by atoms with E-state index >= 15 is 0 Å². The quantitative estimate of drug-likeness (QED) is 0.0632. The first-order chi connectivity index (χ1) is 29.3. The first-order valence-corrected chi connectivity index (χ1v) is 19.8. The Bertz CT molecular complexity index is 1710. The Kier molecular flexibility index (Phi) is 17.4. The van der Waals surface area contributed by atoms with Gasteiger partial charge in [-0.2, -0.15) is 0 Å². The lowest BCUT2D eigenvalue weighted by Gasteiger charge is -2.42. The molecule has 5 rings (SSSR count). The Labute approximate surface area is 354 Å². The van der Waals surface area contributed by atoms with E-state index < -0.39 is 136 Å². The van der Waals surface area contributed by atoms with Crippen molar-refractivity contribution >= 4 is 11.9 Å². The third-order valence-corrected chi connectivity index (χ3v) is 10.5. The van der Waals surface area contributed by atoms with Gasteiger partial charge >= 0.3 is 11.9 Å². The van der Waals surface area contributed by atoms with E-state index in [1.54, 1.807) is 13.8 Å². The van der Waals surface area contributed by atoms with Crippen molar-refractivity contribution in [2.75, 3.05) is 19.8 Å². The molecule has 0 unspecified atom stereocenters.